The van der Waals surface area contributed by atoms with E-state index in [4.69, 9.17) is 10.5 Å². The number of hydrogen-bond donors (Lipinski definition) is 2. The molecule has 7 heteroatoms. The maximum atomic E-state index is 11.9. The van der Waals surface area contributed by atoms with E-state index in [2.05, 4.69) is 15.3 Å². The molecule has 0 fully saturated rings. The van der Waals surface area contributed by atoms with Crippen molar-refractivity contribution in [2.45, 2.75) is 26.3 Å². The minimum atomic E-state index is -0.699. The summed E-state index contributed by atoms with van der Waals surface area (Å²) in [5.74, 6) is -0.756. The average molecular weight is 266 g/mol. The molecule has 0 aliphatic heterocycles. The topological polar surface area (TPSA) is 107 Å². The van der Waals surface area contributed by atoms with Crippen LogP contribution >= 0.6 is 0 Å². The fourth-order valence-electron chi connectivity index (χ4n) is 1.50. The molecule has 1 aromatic rings. The molecule has 1 rings (SSSR count). The van der Waals surface area contributed by atoms with Crippen LogP contribution in [0.4, 0.5) is 0 Å². The molecule has 0 spiro atoms. The predicted molar refractivity (Wildman–Crippen MR) is 68.5 cm³/mol. The summed E-state index contributed by atoms with van der Waals surface area (Å²) in [4.78, 5) is 30.8. The molecule has 0 bridgehead atoms. The molecule has 1 heterocycles. The van der Waals surface area contributed by atoms with Gasteiger partial charge < -0.3 is 15.8 Å². The van der Waals surface area contributed by atoms with Crippen molar-refractivity contribution in [3.8, 4) is 6.01 Å². The fourth-order valence-corrected chi connectivity index (χ4v) is 1.50. The third-order valence-electron chi connectivity index (χ3n) is 2.43. The maximum Gasteiger partial charge on any atom is 0.316 e. The van der Waals surface area contributed by atoms with Gasteiger partial charge in [-0.15, -0.1) is 0 Å². The van der Waals surface area contributed by atoms with Crippen LogP contribution in [0.3, 0.4) is 0 Å². The number of nitrogens with zero attached hydrogens (tertiary/aromatic N) is 2. The van der Waals surface area contributed by atoms with Crippen molar-refractivity contribution >= 4 is 11.8 Å². The molecule has 1 aromatic heterocycles. The highest BCUT2D eigenvalue weighted by atomic mass is 16.5. The highest BCUT2D eigenvalue weighted by Crippen LogP contribution is 2.06. The zero-order valence-corrected chi connectivity index (χ0v) is 11.2. The lowest BCUT2D eigenvalue weighted by atomic mass is 10.0. The van der Waals surface area contributed by atoms with Crippen LogP contribution < -0.4 is 15.8 Å². The van der Waals surface area contributed by atoms with Crippen molar-refractivity contribution in [3.05, 3.63) is 18.0 Å². The Bertz CT molecular complexity index is 445. The standard InChI is InChI=1S/C12H18N4O3/c1-7(2)4-9(10(13)17)16-11(18)8-5-14-12(19-3)15-6-8/h5-7,9H,4H2,1-3H3,(H2,13,17)(H,16,18)/t9-/m0/s1. The van der Waals surface area contributed by atoms with E-state index in [-0.39, 0.29) is 17.5 Å². The average Bonchev–Trinajstić information content (AvgIpc) is 2.37. The number of ether oxygens (including phenoxy) is 1. The van der Waals surface area contributed by atoms with Gasteiger partial charge in [-0.05, 0) is 12.3 Å². The van der Waals surface area contributed by atoms with Crippen molar-refractivity contribution in [1.82, 2.24) is 15.3 Å². The molecular formula is C12H18N4O3. The monoisotopic (exact) mass is 266 g/mol. The Hall–Kier alpha value is -2.18. The zero-order chi connectivity index (χ0) is 14.4. The number of aromatic nitrogens is 2. The SMILES string of the molecule is COc1ncc(C(=O)N[C@@H](CC(C)C)C(N)=O)cn1. The number of primary amides is 1. The lowest BCUT2D eigenvalue weighted by Crippen LogP contribution is -2.45. The van der Waals surface area contributed by atoms with E-state index in [1.165, 1.54) is 19.5 Å². The first-order valence-electron chi connectivity index (χ1n) is 5.90. The van der Waals surface area contributed by atoms with Gasteiger partial charge in [0.15, 0.2) is 0 Å². The quantitative estimate of drug-likeness (QED) is 0.760. The molecule has 3 N–H and O–H groups in total. The maximum absolute atomic E-state index is 11.9. The Morgan fingerprint density at radius 2 is 1.95 bits per heavy atom. The third kappa shape index (κ3) is 4.53. The summed E-state index contributed by atoms with van der Waals surface area (Å²) in [5.41, 5.74) is 5.50. The van der Waals surface area contributed by atoms with Gasteiger partial charge in [-0.3, -0.25) is 9.59 Å². The van der Waals surface area contributed by atoms with Gasteiger partial charge >= 0.3 is 6.01 Å². The Balaban J connectivity index is 2.72. The number of hydrogen-bond acceptors (Lipinski definition) is 5. The van der Waals surface area contributed by atoms with E-state index in [1.54, 1.807) is 0 Å². The number of nitrogens with two attached hydrogens (primary N) is 1. The smallest absolute Gasteiger partial charge is 0.316 e. The summed E-state index contributed by atoms with van der Waals surface area (Å²) in [6, 6.07) is -0.528. The van der Waals surface area contributed by atoms with E-state index < -0.39 is 17.9 Å². The van der Waals surface area contributed by atoms with E-state index in [9.17, 15) is 9.59 Å². The predicted octanol–water partition coefficient (Wildman–Crippen LogP) is 0.115. The van der Waals surface area contributed by atoms with Gasteiger partial charge in [0.1, 0.15) is 6.04 Å². The fraction of sp³-hybridized carbons (Fsp3) is 0.500. The first kappa shape index (κ1) is 14.9. The van der Waals surface area contributed by atoms with Gasteiger partial charge in [0.25, 0.3) is 5.91 Å². The van der Waals surface area contributed by atoms with Gasteiger partial charge in [-0.1, -0.05) is 13.8 Å². The second-order valence-corrected chi connectivity index (χ2v) is 4.52. The lowest BCUT2D eigenvalue weighted by Gasteiger charge is -2.17. The van der Waals surface area contributed by atoms with Gasteiger partial charge in [0.2, 0.25) is 5.91 Å². The van der Waals surface area contributed by atoms with Gasteiger partial charge in [0.05, 0.1) is 12.7 Å². The Morgan fingerprint density at radius 1 is 1.37 bits per heavy atom. The summed E-state index contributed by atoms with van der Waals surface area (Å²) in [5, 5.41) is 2.57. The molecule has 19 heavy (non-hydrogen) atoms. The zero-order valence-electron chi connectivity index (χ0n) is 11.2. The molecule has 0 saturated carbocycles. The van der Waals surface area contributed by atoms with Crippen LogP contribution in [-0.4, -0.2) is 34.9 Å². The third-order valence-corrected chi connectivity index (χ3v) is 2.43. The summed E-state index contributed by atoms with van der Waals surface area (Å²) in [6.45, 7) is 3.89. The summed E-state index contributed by atoms with van der Waals surface area (Å²) >= 11 is 0. The summed E-state index contributed by atoms with van der Waals surface area (Å²) in [7, 11) is 1.43. The minimum absolute atomic E-state index is 0.171. The first-order chi connectivity index (χ1) is 8.93. The van der Waals surface area contributed by atoms with Crippen LogP contribution in [0, 0.1) is 5.92 Å². The van der Waals surface area contributed by atoms with E-state index >= 15 is 0 Å². The Morgan fingerprint density at radius 3 is 2.37 bits per heavy atom. The highest BCUT2D eigenvalue weighted by molar-refractivity contribution is 5.96. The molecule has 0 saturated heterocycles. The normalized spacial score (nSPS) is 12.0. The van der Waals surface area contributed by atoms with Crippen LogP contribution in [0.2, 0.25) is 0 Å². The van der Waals surface area contributed by atoms with Crippen molar-refractivity contribution in [3.63, 3.8) is 0 Å². The molecule has 0 aliphatic rings. The molecule has 7 nitrogen and oxygen atoms in total. The lowest BCUT2D eigenvalue weighted by molar-refractivity contribution is -0.120. The molecule has 1 atom stereocenters. The van der Waals surface area contributed by atoms with Gasteiger partial charge in [-0.2, -0.15) is 0 Å². The van der Waals surface area contributed by atoms with Gasteiger partial charge in [0, 0.05) is 12.4 Å². The van der Waals surface area contributed by atoms with Crippen LogP contribution in [-0.2, 0) is 4.79 Å². The number of amides is 2. The Kier molecular flexibility index (Phi) is 5.23. The Labute approximate surface area is 111 Å². The van der Waals surface area contributed by atoms with E-state index in [0.29, 0.717) is 6.42 Å². The molecule has 0 unspecified atom stereocenters. The summed E-state index contributed by atoms with van der Waals surface area (Å²) in [6.07, 6.45) is 3.14. The van der Waals surface area contributed by atoms with Crippen LogP contribution in [0.15, 0.2) is 12.4 Å². The molecule has 2 amide bonds. The molecule has 0 radical (unpaired) electrons. The first-order valence-corrected chi connectivity index (χ1v) is 5.90. The van der Waals surface area contributed by atoms with Crippen molar-refractivity contribution in [2.24, 2.45) is 11.7 Å². The molecule has 0 aliphatic carbocycles. The largest absolute Gasteiger partial charge is 0.467 e. The number of carbonyl (C=O) groups excluding carboxylic acids is 2. The van der Waals surface area contributed by atoms with E-state index in [1.807, 2.05) is 13.8 Å². The number of rotatable bonds is 6. The number of carbonyl (C=O) groups is 2. The van der Waals surface area contributed by atoms with Gasteiger partial charge in [-0.25, -0.2) is 9.97 Å². The van der Waals surface area contributed by atoms with Crippen LogP contribution in [0.5, 0.6) is 6.01 Å². The van der Waals surface area contributed by atoms with Crippen LogP contribution in [0.25, 0.3) is 0 Å². The minimum Gasteiger partial charge on any atom is -0.467 e. The van der Waals surface area contributed by atoms with Crippen molar-refractivity contribution in [1.29, 1.82) is 0 Å². The molecular weight excluding hydrogens is 248 g/mol. The summed E-state index contributed by atoms with van der Waals surface area (Å²) < 4.78 is 4.79. The molecule has 104 valence electrons. The van der Waals surface area contributed by atoms with Crippen molar-refractivity contribution < 1.29 is 14.3 Å². The number of nitrogens with one attached hydrogen (secondary N) is 1. The van der Waals surface area contributed by atoms with Crippen molar-refractivity contribution in [2.75, 3.05) is 7.11 Å². The van der Waals surface area contributed by atoms with Crippen LogP contribution in [0.1, 0.15) is 30.6 Å². The number of methoxy groups -OCH3 is 1. The second-order valence-electron chi connectivity index (χ2n) is 4.52. The second kappa shape index (κ2) is 6.67. The molecule has 0 aromatic carbocycles. The highest BCUT2D eigenvalue weighted by Gasteiger charge is 2.20. The van der Waals surface area contributed by atoms with E-state index in [0.717, 1.165) is 0 Å².